The van der Waals surface area contributed by atoms with Crippen molar-refractivity contribution >= 4 is 11.9 Å². The summed E-state index contributed by atoms with van der Waals surface area (Å²) >= 11 is 0. The molecule has 0 spiro atoms. The number of nitrogens with one attached hydrogen (secondary N) is 1. The molecule has 0 fully saturated rings. The lowest BCUT2D eigenvalue weighted by molar-refractivity contribution is -0.142. The predicted molar refractivity (Wildman–Crippen MR) is 71.6 cm³/mol. The van der Waals surface area contributed by atoms with Gasteiger partial charge < -0.3 is 10.1 Å². The molecule has 5 heteroatoms. The summed E-state index contributed by atoms with van der Waals surface area (Å²) in [6.07, 6.45) is 3.80. The molecule has 1 N–H and O–H groups in total. The van der Waals surface area contributed by atoms with E-state index in [0.29, 0.717) is 6.42 Å². The first-order valence-corrected chi connectivity index (χ1v) is 5.97. The van der Waals surface area contributed by atoms with Crippen LogP contribution in [0.5, 0.6) is 0 Å². The minimum absolute atomic E-state index is 0.272. The molecular weight excluding hydrogens is 244 g/mol. The fraction of sp³-hybridized carbons (Fsp3) is 0.357. The van der Waals surface area contributed by atoms with E-state index in [-0.39, 0.29) is 5.69 Å². The number of pyridine rings is 1. The van der Waals surface area contributed by atoms with E-state index in [1.807, 2.05) is 19.9 Å². The van der Waals surface area contributed by atoms with Gasteiger partial charge >= 0.3 is 5.97 Å². The normalized spacial score (nSPS) is 11.3. The van der Waals surface area contributed by atoms with Crippen LogP contribution in [-0.2, 0) is 9.53 Å². The van der Waals surface area contributed by atoms with Crippen LogP contribution in [0.4, 0.5) is 0 Å². The van der Waals surface area contributed by atoms with E-state index in [4.69, 9.17) is 0 Å². The van der Waals surface area contributed by atoms with Gasteiger partial charge in [-0.05, 0) is 32.4 Å². The molecule has 0 aliphatic carbocycles. The molecule has 0 aliphatic rings. The quantitative estimate of drug-likeness (QED) is 0.648. The lowest BCUT2D eigenvalue weighted by Gasteiger charge is -2.14. The van der Waals surface area contributed by atoms with Gasteiger partial charge in [-0.2, -0.15) is 0 Å². The van der Waals surface area contributed by atoms with Crippen LogP contribution in [0.15, 0.2) is 36.0 Å². The molecule has 1 heterocycles. The fourth-order valence-electron chi connectivity index (χ4n) is 1.44. The van der Waals surface area contributed by atoms with Crippen molar-refractivity contribution in [1.82, 2.24) is 10.3 Å². The number of carbonyl (C=O) groups is 2. The van der Waals surface area contributed by atoms with Gasteiger partial charge in [0.15, 0.2) is 0 Å². The molecule has 0 bridgehead atoms. The lowest BCUT2D eigenvalue weighted by atomic mass is 10.1. The third-order valence-corrected chi connectivity index (χ3v) is 2.45. The molecule has 1 atom stereocenters. The van der Waals surface area contributed by atoms with Crippen molar-refractivity contribution in [2.45, 2.75) is 26.3 Å². The number of methoxy groups -OCH3 is 1. The number of hydrogen-bond acceptors (Lipinski definition) is 4. The van der Waals surface area contributed by atoms with Gasteiger partial charge in [0.2, 0.25) is 0 Å². The highest BCUT2D eigenvalue weighted by Crippen LogP contribution is 2.03. The third kappa shape index (κ3) is 4.91. The summed E-state index contributed by atoms with van der Waals surface area (Å²) in [5.41, 5.74) is 1.34. The molecule has 0 unspecified atom stereocenters. The molecule has 0 radical (unpaired) electrons. The van der Waals surface area contributed by atoms with Crippen molar-refractivity contribution < 1.29 is 14.3 Å². The first kappa shape index (κ1) is 14.9. The number of hydrogen-bond donors (Lipinski definition) is 1. The zero-order valence-corrected chi connectivity index (χ0v) is 11.3. The minimum atomic E-state index is -0.700. The van der Waals surface area contributed by atoms with Gasteiger partial charge in [0, 0.05) is 6.20 Å². The largest absolute Gasteiger partial charge is 0.467 e. The zero-order valence-electron chi connectivity index (χ0n) is 11.3. The molecule has 1 aromatic heterocycles. The van der Waals surface area contributed by atoms with Crippen LogP contribution in [0.3, 0.4) is 0 Å². The van der Waals surface area contributed by atoms with E-state index < -0.39 is 17.9 Å². The van der Waals surface area contributed by atoms with Crippen LogP contribution in [0.1, 0.15) is 30.8 Å². The molecule has 19 heavy (non-hydrogen) atoms. The summed E-state index contributed by atoms with van der Waals surface area (Å²) in [5.74, 6) is -0.861. The number of ether oxygens (including phenoxy) is 1. The van der Waals surface area contributed by atoms with Crippen LogP contribution < -0.4 is 5.32 Å². The SMILES string of the molecule is COC(=O)[C@@H](CC=C(C)C)NC(=O)c1ccccn1. The maximum Gasteiger partial charge on any atom is 0.328 e. The molecular formula is C14H18N2O3. The van der Waals surface area contributed by atoms with Crippen molar-refractivity contribution in [3.63, 3.8) is 0 Å². The Morgan fingerprint density at radius 2 is 2.16 bits per heavy atom. The monoisotopic (exact) mass is 262 g/mol. The average Bonchev–Trinajstić information content (AvgIpc) is 2.43. The Hall–Kier alpha value is -2.17. The maximum atomic E-state index is 11.9. The molecule has 1 amide bonds. The predicted octanol–water partition coefficient (Wildman–Crippen LogP) is 1.71. The Balaban J connectivity index is 2.75. The standard InChI is InChI=1S/C14H18N2O3/c1-10(2)7-8-12(14(18)19-3)16-13(17)11-6-4-5-9-15-11/h4-7,9,12H,8H2,1-3H3,(H,16,17)/t12-/m1/s1. The molecule has 1 aromatic rings. The fourth-order valence-corrected chi connectivity index (χ4v) is 1.44. The van der Waals surface area contributed by atoms with Crippen molar-refractivity contribution in [2.75, 3.05) is 7.11 Å². The third-order valence-electron chi connectivity index (χ3n) is 2.45. The smallest absolute Gasteiger partial charge is 0.328 e. The summed E-state index contributed by atoms with van der Waals surface area (Å²) in [6.45, 7) is 3.85. The van der Waals surface area contributed by atoms with E-state index in [1.165, 1.54) is 13.3 Å². The van der Waals surface area contributed by atoms with Crippen LogP contribution in [0, 0.1) is 0 Å². The number of carbonyl (C=O) groups excluding carboxylic acids is 2. The van der Waals surface area contributed by atoms with E-state index >= 15 is 0 Å². The molecule has 0 aliphatic heterocycles. The van der Waals surface area contributed by atoms with Gasteiger partial charge in [-0.1, -0.05) is 17.7 Å². The second-order valence-corrected chi connectivity index (χ2v) is 4.28. The number of aromatic nitrogens is 1. The molecule has 5 nitrogen and oxygen atoms in total. The topological polar surface area (TPSA) is 68.3 Å². The van der Waals surface area contributed by atoms with Gasteiger partial charge in [-0.3, -0.25) is 9.78 Å². The Kier molecular flexibility index (Phi) is 5.73. The average molecular weight is 262 g/mol. The summed E-state index contributed by atoms with van der Waals surface area (Å²) < 4.78 is 4.68. The molecule has 102 valence electrons. The van der Waals surface area contributed by atoms with E-state index in [2.05, 4.69) is 15.0 Å². The summed E-state index contributed by atoms with van der Waals surface area (Å²) in [7, 11) is 1.30. The first-order valence-electron chi connectivity index (χ1n) is 5.97. The van der Waals surface area contributed by atoms with Gasteiger partial charge in [0.25, 0.3) is 5.91 Å². The number of esters is 1. The van der Waals surface area contributed by atoms with Gasteiger partial charge in [0.05, 0.1) is 7.11 Å². The van der Waals surface area contributed by atoms with Crippen LogP contribution >= 0.6 is 0 Å². The van der Waals surface area contributed by atoms with Gasteiger partial charge in [-0.15, -0.1) is 0 Å². The van der Waals surface area contributed by atoms with Crippen molar-refractivity contribution in [3.05, 3.63) is 41.7 Å². The van der Waals surface area contributed by atoms with Gasteiger partial charge in [0.1, 0.15) is 11.7 Å². The summed E-state index contributed by atoms with van der Waals surface area (Å²) in [4.78, 5) is 27.5. The molecule has 0 saturated carbocycles. The molecule has 0 aromatic carbocycles. The second-order valence-electron chi connectivity index (χ2n) is 4.28. The van der Waals surface area contributed by atoms with Crippen LogP contribution in [0.25, 0.3) is 0 Å². The summed E-state index contributed by atoms with van der Waals surface area (Å²) in [5, 5.41) is 2.62. The van der Waals surface area contributed by atoms with Gasteiger partial charge in [-0.25, -0.2) is 4.79 Å². The Morgan fingerprint density at radius 1 is 1.42 bits per heavy atom. The highest BCUT2D eigenvalue weighted by molar-refractivity contribution is 5.95. The summed E-state index contributed by atoms with van der Waals surface area (Å²) in [6, 6.07) is 4.32. The maximum absolute atomic E-state index is 11.9. The number of nitrogens with zero attached hydrogens (tertiary/aromatic N) is 1. The zero-order chi connectivity index (χ0) is 14.3. The Morgan fingerprint density at radius 3 is 2.68 bits per heavy atom. The molecule has 0 saturated heterocycles. The number of amides is 1. The van der Waals surface area contributed by atoms with E-state index in [9.17, 15) is 9.59 Å². The molecule has 1 rings (SSSR count). The van der Waals surface area contributed by atoms with E-state index in [1.54, 1.807) is 18.2 Å². The Labute approximate surface area is 112 Å². The number of allylic oxidation sites excluding steroid dienone is 1. The highest BCUT2D eigenvalue weighted by atomic mass is 16.5. The minimum Gasteiger partial charge on any atom is -0.467 e. The van der Waals surface area contributed by atoms with E-state index in [0.717, 1.165) is 5.57 Å². The van der Waals surface area contributed by atoms with Crippen molar-refractivity contribution in [2.24, 2.45) is 0 Å². The highest BCUT2D eigenvalue weighted by Gasteiger charge is 2.21. The first-order chi connectivity index (χ1) is 9.04. The lowest BCUT2D eigenvalue weighted by Crippen LogP contribution is -2.41. The van der Waals surface area contributed by atoms with Crippen molar-refractivity contribution in [3.8, 4) is 0 Å². The van der Waals surface area contributed by atoms with Crippen LogP contribution in [0.2, 0.25) is 0 Å². The van der Waals surface area contributed by atoms with Crippen LogP contribution in [-0.4, -0.2) is 30.0 Å². The number of rotatable bonds is 5. The Bertz CT molecular complexity index is 465. The van der Waals surface area contributed by atoms with Crippen molar-refractivity contribution in [1.29, 1.82) is 0 Å². The second kappa shape index (κ2) is 7.31.